The van der Waals surface area contributed by atoms with Gasteiger partial charge >= 0.3 is 0 Å². The third-order valence-corrected chi connectivity index (χ3v) is 3.38. The molecular formula is C14H22BrNO3. The molecule has 1 aromatic rings. The zero-order valence-corrected chi connectivity index (χ0v) is 13.0. The summed E-state index contributed by atoms with van der Waals surface area (Å²) in [5.74, 6) is 0.829. The largest absolute Gasteiger partial charge is 0.493 e. The van der Waals surface area contributed by atoms with E-state index in [2.05, 4.69) is 28.2 Å². The Morgan fingerprint density at radius 1 is 1.32 bits per heavy atom. The van der Waals surface area contributed by atoms with Gasteiger partial charge in [0.1, 0.15) is 5.75 Å². The summed E-state index contributed by atoms with van der Waals surface area (Å²) in [6.07, 6.45) is 0.952. The van der Waals surface area contributed by atoms with Gasteiger partial charge in [-0.2, -0.15) is 0 Å². The maximum atomic E-state index is 9.27. The zero-order chi connectivity index (χ0) is 14.3. The molecule has 0 saturated heterocycles. The molecule has 1 rings (SSSR count). The molecule has 0 aliphatic rings. The summed E-state index contributed by atoms with van der Waals surface area (Å²) in [6, 6.07) is 5.84. The van der Waals surface area contributed by atoms with Crippen molar-refractivity contribution >= 4 is 15.9 Å². The number of rotatable bonds is 8. The first kappa shape index (κ1) is 16.4. The third-order valence-electron chi connectivity index (χ3n) is 2.89. The van der Waals surface area contributed by atoms with Gasteiger partial charge in [0.15, 0.2) is 0 Å². The molecule has 0 saturated carbocycles. The molecule has 108 valence electrons. The summed E-state index contributed by atoms with van der Waals surface area (Å²) >= 11 is 3.44. The van der Waals surface area contributed by atoms with Crippen molar-refractivity contribution in [3.63, 3.8) is 0 Å². The Bertz CT molecular complexity index is 394. The van der Waals surface area contributed by atoms with Crippen LogP contribution in [0.2, 0.25) is 0 Å². The molecule has 0 aliphatic heterocycles. The highest BCUT2D eigenvalue weighted by molar-refractivity contribution is 9.10. The van der Waals surface area contributed by atoms with Crippen molar-refractivity contribution in [2.75, 3.05) is 19.8 Å². The van der Waals surface area contributed by atoms with Crippen molar-refractivity contribution in [3.8, 4) is 5.75 Å². The summed E-state index contributed by atoms with van der Waals surface area (Å²) in [7, 11) is 0. The minimum absolute atomic E-state index is 0.122. The first-order valence-electron chi connectivity index (χ1n) is 6.42. The number of aliphatic hydroxyl groups excluding tert-OH is 2. The molecule has 4 nitrogen and oxygen atoms in total. The van der Waals surface area contributed by atoms with Crippen LogP contribution in [0.1, 0.15) is 25.8 Å². The van der Waals surface area contributed by atoms with E-state index in [0.29, 0.717) is 13.2 Å². The second kappa shape index (κ2) is 7.85. The maximum Gasteiger partial charge on any atom is 0.123 e. The van der Waals surface area contributed by atoms with Gasteiger partial charge in [-0.1, -0.05) is 22.9 Å². The summed E-state index contributed by atoms with van der Waals surface area (Å²) in [5, 5.41) is 21.7. The van der Waals surface area contributed by atoms with E-state index in [-0.39, 0.29) is 13.2 Å². The molecule has 0 radical (unpaired) electrons. The minimum atomic E-state index is -0.690. The van der Waals surface area contributed by atoms with E-state index in [0.717, 1.165) is 22.2 Å². The summed E-state index contributed by atoms with van der Waals surface area (Å²) in [4.78, 5) is 0. The maximum absolute atomic E-state index is 9.27. The van der Waals surface area contributed by atoms with E-state index in [1.165, 1.54) is 0 Å². The fraction of sp³-hybridized carbons (Fsp3) is 0.571. The van der Waals surface area contributed by atoms with Gasteiger partial charge in [-0.3, -0.25) is 0 Å². The molecule has 5 heteroatoms. The lowest BCUT2D eigenvalue weighted by molar-refractivity contribution is 0.103. The molecule has 0 aliphatic carbocycles. The molecule has 19 heavy (non-hydrogen) atoms. The van der Waals surface area contributed by atoms with Crippen LogP contribution in [0.15, 0.2) is 22.7 Å². The van der Waals surface area contributed by atoms with Gasteiger partial charge in [-0.15, -0.1) is 0 Å². The van der Waals surface area contributed by atoms with Crippen molar-refractivity contribution in [2.45, 2.75) is 32.4 Å². The van der Waals surface area contributed by atoms with E-state index in [1.807, 2.05) is 18.2 Å². The quantitative estimate of drug-likeness (QED) is 0.682. The normalized spacial score (nSPS) is 11.6. The SMILES string of the molecule is CCCOc1ccc(Br)cc1CNC(C)(CO)CO. The van der Waals surface area contributed by atoms with E-state index in [9.17, 15) is 10.2 Å². The van der Waals surface area contributed by atoms with Crippen LogP contribution in [-0.2, 0) is 6.54 Å². The fourth-order valence-corrected chi connectivity index (χ4v) is 1.92. The molecule has 0 amide bonds. The van der Waals surface area contributed by atoms with Crippen LogP contribution in [0.5, 0.6) is 5.75 Å². The summed E-state index contributed by atoms with van der Waals surface area (Å²) in [5.41, 5.74) is 0.306. The minimum Gasteiger partial charge on any atom is -0.493 e. The fourth-order valence-electron chi connectivity index (χ4n) is 1.51. The van der Waals surface area contributed by atoms with Crippen LogP contribution >= 0.6 is 15.9 Å². The highest BCUT2D eigenvalue weighted by Crippen LogP contribution is 2.24. The van der Waals surface area contributed by atoms with Gasteiger partial charge in [0.25, 0.3) is 0 Å². The van der Waals surface area contributed by atoms with Crippen molar-refractivity contribution in [3.05, 3.63) is 28.2 Å². The molecule has 0 aromatic heterocycles. The lowest BCUT2D eigenvalue weighted by atomic mass is 10.0. The molecule has 0 bridgehead atoms. The molecule has 1 aromatic carbocycles. The molecule has 0 atom stereocenters. The zero-order valence-electron chi connectivity index (χ0n) is 11.4. The standard InChI is InChI=1S/C14H22BrNO3/c1-3-6-19-13-5-4-12(15)7-11(13)8-16-14(2,9-17)10-18/h4-5,7,16-18H,3,6,8-10H2,1-2H3. The monoisotopic (exact) mass is 331 g/mol. The van der Waals surface area contributed by atoms with Crippen LogP contribution in [0.3, 0.4) is 0 Å². The number of ether oxygens (including phenoxy) is 1. The summed E-state index contributed by atoms with van der Waals surface area (Å²) < 4.78 is 6.66. The van der Waals surface area contributed by atoms with E-state index < -0.39 is 5.54 Å². The Balaban J connectivity index is 2.77. The van der Waals surface area contributed by atoms with Crippen LogP contribution in [-0.4, -0.2) is 35.6 Å². The van der Waals surface area contributed by atoms with Crippen molar-refractivity contribution in [1.29, 1.82) is 0 Å². The summed E-state index contributed by atoms with van der Waals surface area (Å²) in [6.45, 7) is 4.79. The highest BCUT2D eigenvalue weighted by atomic mass is 79.9. The molecule has 0 unspecified atom stereocenters. The van der Waals surface area contributed by atoms with Crippen LogP contribution in [0, 0.1) is 0 Å². The Hall–Kier alpha value is -0.620. The second-order valence-electron chi connectivity index (χ2n) is 4.83. The van der Waals surface area contributed by atoms with Crippen molar-refractivity contribution < 1.29 is 14.9 Å². The number of aliphatic hydroxyl groups is 2. The number of nitrogens with one attached hydrogen (secondary N) is 1. The predicted octanol–water partition coefficient (Wildman–Crippen LogP) is 2.07. The van der Waals surface area contributed by atoms with Gasteiger partial charge in [0, 0.05) is 16.6 Å². The highest BCUT2D eigenvalue weighted by Gasteiger charge is 2.21. The van der Waals surface area contributed by atoms with E-state index >= 15 is 0 Å². The van der Waals surface area contributed by atoms with Gasteiger partial charge in [-0.05, 0) is 31.5 Å². The van der Waals surface area contributed by atoms with Gasteiger partial charge in [0.05, 0.1) is 25.4 Å². The first-order chi connectivity index (χ1) is 9.04. The van der Waals surface area contributed by atoms with Gasteiger partial charge < -0.3 is 20.3 Å². The number of hydrogen-bond acceptors (Lipinski definition) is 4. The number of halogens is 1. The third kappa shape index (κ3) is 5.10. The average Bonchev–Trinajstić information content (AvgIpc) is 2.43. The van der Waals surface area contributed by atoms with Crippen molar-refractivity contribution in [1.82, 2.24) is 5.32 Å². The molecule has 0 spiro atoms. The Labute approximate surface area is 122 Å². The number of benzene rings is 1. The topological polar surface area (TPSA) is 61.7 Å². The van der Waals surface area contributed by atoms with Crippen LogP contribution in [0.4, 0.5) is 0 Å². The van der Waals surface area contributed by atoms with Gasteiger partial charge in [0.2, 0.25) is 0 Å². The average molecular weight is 332 g/mol. The van der Waals surface area contributed by atoms with E-state index in [1.54, 1.807) is 6.92 Å². The van der Waals surface area contributed by atoms with Gasteiger partial charge in [-0.25, -0.2) is 0 Å². The molecule has 0 fully saturated rings. The smallest absolute Gasteiger partial charge is 0.123 e. The van der Waals surface area contributed by atoms with Crippen molar-refractivity contribution in [2.24, 2.45) is 0 Å². The predicted molar refractivity (Wildman–Crippen MR) is 79.3 cm³/mol. The molecular weight excluding hydrogens is 310 g/mol. The second-order valence-corrected chi connectivity index (χ2v) is 5.75. The molecule has 0 heterocycles. The number of hydrogen-bond donors (Lipinski definition) is 3. The van der Waals surface area contributed by atoms with Crippen LogP contribution in [0.25, 0.3) is 0 Å². The first-order valence-corrected chi connectivity index (χ1v) is 7.22. The molecule has 3 N–H and O–H groups in total. The van der Waals surface area contributed by atoms with E-state index in [4.69, 9.17) is 4.74 Å². The Kier molecular flexibility index (Phi) is 6.79. The van der Waals surface area contributed by atoms with Crippen LogP contribution < -0.4 is 10.1 Å². The lowest BCUT2D eigenvalue weighted by Crippen LogP contribution is -2.48. The Morgan fingerprint density at radius 2 is 2.00 bits per heavy atom. The lowest BCUT2D eigenvalue weighted by Gasteiger charge is -2.26. The Morgan fingerprint density at radius 3 is 2.58 bits per heavy atom.